The number of hydrogen-bond donors (Lipinski definition) is 1. The third kappa shape index (κ3) is 6.74. The van der Waals surface area contributed by atoms with Crippen LogP contribution < -0.4 is 5.32 Å². The predicted molar refractivity (Wildman–Crippen MR) is 87.8 cm³/mol. The molecule has 0 saturated heterocycles. The lowest BCUT2D eigenvalue weighted by molar-refractivity contribution is -0.122. The van der Waals surface area contributed by atoms with Crippen LogP contribution in [0.3, 0.4) is 0 Å². The van der Waals surface area contributed by atoms with Crippen molar-refractivity contribution in [3.63, 3.8) is 0 Å². The highest BCUT2D eigenvalue weighted by Crippen LogP contribution is 2.12. The minimum Gasteiger partial charge on any atom is -0.444 e. The molecule has 0 heterocycles. The number of hydrogen-bond acceptors (Lipinski definition) is 3. The fourth-order valence-electron chi connectivity index (χ4n) is 2.12. The van der Waals surface area contributed by atoms with E-state index in [1.807, 2.05) is 44.2 Å². The van der Waals surface area contributed by atoms with Gasteiger partial charge in [0.25, 0.3) is 0 Å². The first-order valence-corrected chi connectivity index (χ1v) is 7.75. The number of carbonyl (C=O) groups excluding carboxylic acids is 2. The molecule has 0 spiro atoms. The molecule has 0 fully saturated rings. The molecule has 1 rings (SSSR count). The van der Waals surface area contributed by atoms with E-state index in [2.05, 4.69) is 5.32 Å². The second kappa shape index (κ2) is 7.97. The molecule has 22 heavy (non-hydrogen) atoms. The number of ketones is 1. The lowest BCUT2D eigenvalue weighted by atomic mass is 9.95. The smallest absolute Gasteiger partial charge is 0.408 e. The first-order valence-electron chi connectivity index (χ1n) is 7.75. The molecule has 1 aromatic carbocycles. The first-order chi connectivity index (χ1) is 10.2. The van der Waals surface area contributed by atoms with Crippen molar-refractivity contribution < 1.29 is 14.3 Å². The molecule has 1 atom stereocenters. The summed E-state index contributed by atoms with van der Waals surface area (Å²) in [6.07, 6.45) is 0.543. The zero-order valence-electron chi connectivity index (χ0n) is 14.2. The lowest BCUT2D eigenvalue weighted by Gasteiger charge is -2.25. The van der Waals surface area contributed by atoms with Crippen LogP contribution in [0.4, 0.5) is 4.79 Å². The Morgan fingerprint density at radius 3 is 2.23 bits per heavy atom. The number of ether oxygens (including phenoxy) is 1. The summed E-state index contributed by atoms with van der Waals surface area (Å²) in [7, 11) is 0. The molecule has 1 N–H and O–H groups in total. The Labute approximate surface area is 133 Å². The highest BCUT2D eigenvalue weighted by molar-refractivity contribution is 5.87. The van der Waals surface area contributed by atoms with Gasteiger partial charge in [-0.25, -0.2) is 4.79 Å². The van der Waals surface area contributed by atoms with Crippen molar-refractivity contribution in [3.8, 4) is 0 Å². The number of carbonyl (C=O) groups is 2. The van der Waals surface area contributed by atoms with E-state index in [0.29, 0.717) is 12.8 Å². The third-order valence-corrected chi connectivity index (χ3v) is 3.19. The Balaban J connectivity index is 2.58. The Bertz CT molecular complexity index is 489. The van der Waals surface area contributed by atoms with Crippen molar-refractivity contribution >= 4 is 11.9 Å². The number of Topliss-reactive ketones (excluding diaryl/α,β-unsaturated/α-hetero) is 1. The van der Waals surface area contributed by atoms with Crippen molar-refractivity contribution in [2.75, 3.05) is 0 Å². The summed E-state index contributed by atoms with van der Waals surface area (Å²) in [5, 5.41) is 2.70. The van der Waals surface area contributed by atoms with Gasteiger partial charge in [-0.3, -0.25) is 4.79 Å². The van der Waals surface area contributed by atoms with E-state index in [9.17, 15) is 9.59 Å². The molecule has 4 nitrogen and oxygen atoms in total. The second-order valence-corrected chi connectivity index (χ2v) is 6.82. The third-order valence-electron chi connectivity index (χ3n) is 3.19. The Kier molecular flexibility index (Phi) is 6.60. The monoisotopic (exact) mass is 305 g/mol. The van der Waals surface area contributed by atoms with E-state index in [0.717, 1.165) is 5.56 Å². The molecule has 0 bridgehead atoms. The van der Waals surface area contributed by atoms with Crippen LogP contribution in [0.15, 0.2) is 30.3 Å². The Morgan fingerprint density at radius 1 is 1.14 bits per heavy atom. The van der Waals surface area contributed by atoms with Crippen LogP contribution in [0.25, 0.3) is 0 Å². The quantitative estimate of drug-likeness (QED) is 0.871. The molecule has 4 heteroatoms. The van der Waals surface area contributed by atoms with Gasteiger partial charge in [-0.2, -0.15) is 0 Å². The summed E-state index contributed by atoms with van der Waals surface area (Å²) in [6.45, 7) is 9.24. The molecule has 0 aliphatic heterocycles. The van der Waals surface area contributed by atoms with Gasteiger partial charge in [-0.15, -0.1) is 0 Å². The van der Waals surface area contributed by atoms with Gasteiger partial charge >= 0.3 is 6.09 Å². The van der Waals surface area contributed by atoms with Gasteiger partial charge in [0.15, 0.2) is 5.78 Å². The average molecular weight is 305 g/mol. The summed E-state index contributed by atoms with van der Waals surface area (Å²) in [5.74, 6) is 0.0560. The Morgan fingerprint density at radius 2 is 1.73 bits per heavy atom. The van der Waals surface area contributed by atoms with E-state index in [-0.39, 0.29) is 11.7 Å². The fraction of sp³-hybridized carbons (Fsp3) is 0.556. The lowest BCUT2D eigenvalue weighted by Crippen LogP contribution is -2.46. The fourth-order valence-corrected chi connectivity index (χ4v) is 2.12. The maximum Gasteiger partial charge on any atom is 0.408 e. The van der Waals surface area contributed by atoms with Crippen LogP contribution in [-0.4, -0.2) is 23.5 Å². The van der Waals surface area contributed by atoms with Crippen LogP contribution in [0.1, 0.15) is 46.6 Å². The molecule has 122 valence electrons. The molecular weight excluding hydrogens is 278 g/mol. The summed E-state index contributed by atoms with van der Waals surface area (Å²) in [4.78, 5) is 24.3. The topological polar surface area (TPSA) is 55.4 Å². The molecule has 0 aliphatic carbocycles. The summed E-state index contributed by atoms with van der Waals surface area (Å²) >= 11 is 0. The van der Waals surface area contributed by atoms with E-state index in [1.165, 1.54) is 0 Å². The van der Waals surface area contributed by atoms with Gasteiger partial charge in [0.1, 0.15) is 5.60 Å². The van der Waals surface area contributed by atoms with Crippen LogP contribution in [0.2, 0.25) is 0 Å². The average Bonchev–Trinajstić information content (AvgIpc) is 2.41. The SMILES string of the molecule is CC(C)C(NC(=O)OC(C)(C)C)C(=O)CCc1ccccc1. The van der Waals surface area contributed by atoms with Crippen molar-refractivity contribution in [2.45, 2.75) is 59.1 Å². The van der Waals surface area contributed by atoms with E-state index in [1.54, 1.807) is 20.8 Å². The number of benzene rings is 1. The summed E-state index contributed by atoms with van der Waals surface area (Å²) < 4.78 is 5.23. The van der Waals surface area contributed by atoms with Gasteiger partial charge in [0, 0.05) is 6.42 Å². The summed E-state index contributed by atoms with van der Waals surface area (Å²) in [5.41, 5.74) is 0.550. The van der Waals surface area contributed by atoms with Crippen LogP contribution in [-0.2, 0) is 16.0 Å². The molecule has 1 aromatic rings. The van der Waals surface area contributed by atoms with E-state index in [4.69, 9.17) is 4.74 Å². The van der Waals surface area contributed by atoms with Gasteiger partial charge in [-0.05, 0) is 38.7 Å². The van der Waals surface area contributed by atoms with Crippen molar-refractivity contribution in [2.24, 2.45) is 5.92 Å². The zero-order chi connectivity index (χ0) is 16.8. The molecule has 0 aliphatic rings. The number of nitrogens with one attached hydrogen (secondary N) is 1. The van der Waals surface area contributed by atoms with Crippen molar-refractivity contribution in [1.29, 1.82) is 0 Å². The molecule has 0 radical (unpaired) electrons. The second-order valence-electron chi connectivity index (χ2n) is 6.82. The van der Waals surface area contributed by atoms with Gasteiger partial charge < -0.3 is 10.1 Å². The number of rotatable bonds is 6. The van der Waals surface area contributed by atoms with Crippen molar-refractivity contribution in [1.82, 2.24) is 5.32 Å². The highest BCUT2D eigenvalue weighted by atomic mass is 16.6. The molecule has 0 saturated carbocycles. The van der Waals surface area contributed by atoms with Gasteiger partial charge in [-0.1, -0.05) is 44.2 Å². The normalized spacial score (nSPS) is 12.8. The van der Waals surface area contributed by atoms with Gasteiger partial charge in [0.2, 0.25) is 0 Å². The highest BCUT2D eigenvalue weighted by Gasteiger charge is 2.26. The molecule has 0 aromatic heterocycles. The van der Waals surface area contributed by atoms with Crippen molar-refractivity contribution in [3.05, 3.63) is 35.9 Å². The minimum absolute atomic E-state index is 0.0239. The largest absolute Gasteiger partial charge is 0.444 e. The number of aryl methyl sites for hydroxylation is 1. The number of amides is 1. The Hall–Kier alpha value is -1.84. The first kappa shape index (κ1) is 18.2. The van der Waals surface area contributed by atoms with E-state index >= 15 is 0 Å². The molecular formula is C18H27NO3. The zero-order valence-corrected chi connectivity index (χ0v) is 14.2. The molecule has 1 unspecified atom stereocenters. The summed E-state index contributed by atoms with van der Waals surface area (Å²) in [6, 6.07) is 9.35. The standard InChI is InChI=1S/C18H27NO3/c1-13(2)16(19-17(21)22-18(3,4)5)15(20)12-11-14-9-7-6-8-10-14/h6-10,13,16H,11-12H2,1-5H3,(H,19,21). The maximum absolute atomic E-state index is 12.4. The maximum atomic E-state index is 12.4. The van der Waals surface area contributed by atoms with Gasteiger partial charge in [0.05, 0.1) is 6.04 Å². The molecule has 1 amide bonds. The van der Waals surface area contributed by atoms with Crippen LogP contribution in [0.5, 0.6) is 0 Å². The number of alkyl carbamates (subject to hydrolysis) is 1. The van der Waals surface area contributed by atoms with Crippen LogP contribution >= 0.6 is 0 Å². The minimum atomic E-state index is -0.571. The van der Waals surface area contributed by atoms with Crippen LogP contribution in [0, 0.1) is 5.92 Å². The predicted octanol–water partition coefficient (Wildman–Crippen LogP) is 3.74. The van der Waals surface area contributed by atoms with E-state index < -0.39 is 17.7 Å².